The Labute approximate surface area is 121 Å². The molecule has 104 valence electrons. The van der Waals surface area contributed by atoms with Gasteiger partial charge in [0.05, 0.1) is 28.3 Å². The van der Waals surface area contributed by atoms with E-state index in [1.54, 1.807) is 42.5 Å². The van der Waals surface area contributed by atoms with Crippen LogP contribution in [0.2, 0.25) is 0 Å². The highest BCUT2D eigenvalue weighted by molar-refractivity contribution is 5.84. The maximum absolute atomic E-state index is 10.8. The van der Waals surface area contributed by atoms with Crippen molar-refractivity contribution < 1.29 is 9.76 Å². The van der Waals surface area contributed by atoms with Crippen LogP contribution in [0.1, 0.15) is 16.7 Å². The second-order valence-electron chi connectivity index (χ2n) is 4.09. The Hall–Kier alpha value is -3.20. The van der Waals surface area contributed by atoms with Gasteiger partial charge in [-0.05, 0) is 12.1 Å². The molecule has 0 saturated carbocycles. The van der Waals surface area contributed by atoms with Crippen LogP contribution in [0.5, 0.6) is 0 Å². The first-order valence-electron chi connectivity index (χ1n) is 6.09. The minimum Gasteiger partial charge on any atom is -0.391 e. The summed E-state index contributed by atoms with van der Waals surface area (Å²) in [6.07, 6.45) is 1.28. The van der Waals surface area contributed by atoms with Crippen molar-refractivity contribution in [2.45, 2.75) is 6.61 Å². The number of nitro benzene ring substituents is 1. The minimum atomic E-state index is -0.480. The summed E-state index contributed by atoms with van der Waals surface area (Å²) in [5.74, 6) is 0. The molecule has 6 heteroatoms. The van der Waals surface area contributed by atoms with Gasteiger partial charge in [0.25, 0.3) is 5.69 Å². The summed E-state index contributed by atoms with van der Waals surface area (Å²) in [7, 11) is 0. The lowest BCUT2D eigenvalue weighted by Crippen LogP contribution is -1.95. The Morgan fingerprint density at radius 2 is 1.95 bits per heavy atom. The van der Waals surface area contributed by atoms with Gasteiger partial charge >= 0.3 is 0 Å². The van der Waals surface area contributed by atoms with Gasteiger partial charge in [-0.2, -0.15) is 5.26 Å². The maximum atomic E-state index is 10.8. The van der Waals surface area contributed by atoms with E-state index in [-0.39, 0.29) is 12.3 Å². The van der Waals surface area contributed by atoms with Gasteiger partial charge in [0, 0.05) is 11.6 Å². The van der Waals surface area contributed by atoms with E-state index in [0.717, 1.165) is 0 Å². The zero-order valence-electron chi connectivity index (χ0n) is 11.0. The summed E-state index contributed by atoms with van der Waals surface area (Å²) in [4.78, 5) is 15.4. The van der Waals surface area contributed by atoms with E-state index in [9.17, 15) is 10.1 Å². The quantitative estimate of drug-likeness (QED) is 0.478. The average Bonchev–Trinajstić information content (AvgIpc) is 2.52. The van der Waals surface area contributed by atoms with Crippen molar-refractivity contribution in [1.82, 2.24) is 0 Å². The SMILES string of the molecule is N#Cc1ccccc1CO/N=C\c1ccccc1[N+](=O)[O-]. The summed E-state index contributed by atoms with van der Waals surface area (Å²) < 4.78 is 0. The Bertz CT molecular complexity index is 720. The molecule has 0 N–H and O–H groups in total. The van der Waals surface area contributed by atoms with E-state index in [1.807, 2.05) is 0 Å². The van der Waals surface area contributed by atoms with Crippen LogP contribution >= 0.6 is 0 Å². The molecule has 0 amide bonds. The normalized spacial score (nSPS) is 10.2. The number of nitro groups is 1. The van der Waals surface area contributed by atoms with E-state index in [1.165, 1.54) is 12.3 Å². The Balaban J connectivity index is 2.04. The van der Waals surface area contributed by atoms with Gasteiger partial charge in [-0.15, -0.1) is 0 Å². The average molecular weight is 281 g/mol. The molecule has 0 aliphatic rings. The number of oxime groups is 1. The van der Waals surface area contributed by atoms with Crippen molar-refractivity contribution in [3.05, 3.63) is 75.3 Å². The molecule has 0 spiro atoms. The predicted octanol–water partition coefficient (Wildman–Crippen LogP) is 3.02. The number of nitrogens with zero attached hydrogens (tertiary/aromatic N) is 3. The number of benzene rings is 2. The number of hydrogen-bond donors (Lipinski definition) is 0. The molecule has 0 unspecified atom stereocenters. The highest BCUT2D eigenvalue weighted by atomic mass is 16.6. The summed E-state index contributed by atoms with van der Waals surface area (Å²) in [5.41, 5.74) is 1.54. The second kappa shape index (κ2) is 6.82. The molecular formula is C15H11N3O3. The second-order valence-corrected chi connectivity index (χ2v) is 4.09. The number of para-hydroxylation sites is 1. The summed E-state index contributed by atoms with van der Waals surface area (Å²) in [6.45, 7) is 0.126. The Kier molecular flexibility index (Phi) is 4.62. The molecule has 0 atom stereocenters. The van der Waals surface area contributed by atoms with Crippen molar-refractivity contribution in [2.24, 2.45) is 5.16 Å². The molecule has 21 heavy (non-hydrogen) atoms. The monoisotopic (exact) mass is 281 g/mol. The minimum absolute atomic E-state index is 0.0396. The van der Waals surface area contributed by atoms with E-state index >= 15 is 0 Å². The highest BCUT2D eigenvalue weighted by Crippen LogP contribution is 2.15. The van der Waals surface area contributed by atoms with Crippen molar-refractivity contribution in [3.8, 4) is 6.07 Å². The third-order valence-electron chi connectivity index (χ3n) is 2.76. The standard InChI is InChI=1S/C15H11N3O3/c16-9-12-5-1-2-7-14(12)11-21-17-10-13-6-3-4-8-15(13)18(19)20/h1-8,10H,11H2/b17-10-. The first-order valence-corrected chi connectivity index (χ1v) is 6.09. The third kappa shape index (κ3) is 3.64. The molecule has 0 saturated heterocycles. The van der Waals surface area contributed by atoms with Crippen molar-refractivity contribution in [3.63, 3.8) is 0 Å². The molecule has 0 aromatic heterocycles. The molecule has 0 aliphatic carbocycles. The van der Waals surface area contributed by atoms with E-state index in [2.05, 4.69) is 11.2 Å². The molecule has 0 radical (unpaired) electrons. The van der Waals surface area contributed by atoms with Gasteiger partial charge in [0.1, 0.15) is 6.61 Å². The first kappa shape index (κ1) is 14.2. The summed E-state index contributed by atoms with van der Waals surface area (Å²) in [5, 5.41) is 23.5. The lowest BCUT2D eigenvalue weighted by molar-refractivity contribution is -0.385. The van der Waals surface area contributed by atoms with Gasteiger partial charge in [-0.1, -0.05) is 35.5 Å². The Morgan fingerprint density at radius 3 is 2.71 bits per heavy atom. The molecular weight excluding hydrogens is 270 g/mol. The van der Waals surface area contributed by atoms with Crippen LogP contribution in [0.15, 0.2) is 53.7 Å². The smallest absolute Gasteiger partial charge is 0.278 e. The molecule has 0 fully saturated rings. The summed E-state index contributed by atoms with van der Waals surface area (Å²) >= 11 is 0. The maximum Gasteiger partial charge on any atom is 0.278 e. The van der Waals surface area contributed by atoms with Crippen molar-refractivity contribution >= 4 is 11.9 Å². The topological polar surface area (TPSA) is 88.5 Å². The number of nitriles is 1. The van der Waals surface area contributed by atoms with E-state index in [4.69, 9.17) is 10.1 Å². The lowest BCUT2D eigenvalue weighted by Gasteiger charge is -2.01. The fourth-order valence-corrected chi connectivity index (χ4v) is 1.72. The molecule has 0 bridgehead atoms. The van der Waals surface area contributed by atoms with Crippen molar-refractivity contribution in [2.75, 3.05) is 0 Å². The van der Waals surface area contributed by atoms with E-state index in [0.29, 0.717) is 16.7 Å². The van der Waals surface area contributed by atoms with Gasteiger partial charge in [-0.25, -0.2) is 0 Å². The van der Waals surface area contributed by atoms with Gasteiger partial charge < -0.3 is 4.84 Å². The lowest BCUT2D eigenvalue weighted by atomic mass is 10.1. The van der Waals surface area contributed by atoms with Crippen molar-refractivity contribution in [1.29, 1.82) is 5.26 Å². The number of hydrogen-bond acceptors (Lipinski definition) is 5. The Morgan fingerprint density at radius 1 is 1.24 bits per heavy atom. The fraction of sp³-hybridized carbons (Fsp3) is 0.0667. The van der Waals surface area contributed by atoms with Crippen LogP contribution in [-0.4, -0.2) is 11.1 Å². The largest absolute Gasteiger partial charge is 0.391 e. The van der Waals surface area contributed by atoms with E-state index < -0.39 is 4.92 Å². The van der Waals surface area contributed by atoms with Crippen LogP contribution in [0.25, 0.3) is 0 Å². The van der Waals surface area contributed by atoms with Gasteiger partial charge in [-0.3, -0.25) is 10.1 Å². The van der Waals surface area contributed by atoms with Crippen LogP contribution < -0.4 is 0 Å². The molecule has 6 nitrogen and oxygen atoms in total. The molecule has 0 aliphatic heterocycles. The number of rotatable bonds is 5. The van der Waals surface area contributed by atoms with Gasteiger partial charge in [0.15, 0.2) is 0 Å². The van der Waals surface area contributed by atoms with Crippen LogP contribution in [0.3, 0.4) is 0 Å². The van der Waals surface area contributed by atoms with Gasteiger partial charge in [0.2, 0.25) is 0 Å². The molecule has 2 rings (SSSR count). The highest BCUT2D eigenvalue weighted by Gasteiger charge is 2.10. The predicted molar refractivity (Wildman–Crippen MR) is 76.6 cm³/mol. The van der Waals surface area contributed by atoms with Crippen LogP contribution in [0, 0.1) is 21.4 Å². The zero-order valence-corrected chi connectivity index (χ0v) is 11.0. The molecule has 2 aromatic rings. The van der Waals surface area contributed by atoms with Crippen LogP contribution in [-0.2, 0) is 11.4 Å². The molecule has 2 aromatic carbocycles. The molecule has 0 heterocycles. The zero-order chi connectivity index (χ0) is 15.1. The summed E-state index contributed by atoms with van der Waals surface area (Å²) in [6, 6.07) is 15.3. The fourth-order valence-electron chi connectivity index (χ4n) is 1.72. The third-order valence-corrected chi connectivity index (χ3v) is 2.76. The van der Waals surface area contributed by atoms with Crippen LogP contribution in [0.4, 0.5) is 5.69 Å². The first-order chi connectivity index (χ1) is 10.2.